The maximum atomic E-state index is 12.5. The number of hydrogen-bond acceptors (Lipinski definition) is 5. The minimum Gasteiger partial charge on any atom is -0.466 e. The fraction of sp³-hybridized carbons (Fsp3) is 0.839. The maximum Gasteiger partial charge on any atom is 0.305 e. The SMILES string of the molecule is CCCCC/C=C\CCCCCCCC(=O)OCCCCC/C=C\C=C/CCCCCCCCCCCCC(=O)NC(CO)C(O)/C=C/CCCCCCCCCCCCCCCCCCCC. The zero-order chi connectivity index (χ0) is 49.3. The van der Waals surface area contributed by atoms with Crippen molar-refractivity contribution in [1.29, 1.82) is 0 Å². The first-order valence-corrected chi connectivity index (χ1v) is 29.9. The molecule has 2 unspecified atom stereocenters. The van der Waals surface area contributed by atoms with Gasteiger partial charge in [0.25, 0.3) is 0 Å². The molecule has 3 N–H and O–H groups in total. The molecule has 398 valence electrons. The van der Waals surface area contributed by atoms with E-state index in [4.69, 9.17) is 4.74 Å². The fourth-order valence-electron chi connectivity index (χ4n) is 8.97. The zero-order valence-corrected chi connectivity index (χ0v) is 45.3. The predicted molar refractivity (Wildman–Crippen MR) is 296 cm³/mol. The standard InChI is InChI=1S/C62H115NO5/c1-3-5-7-9-11-13-15-17-18-19-20-22-25-28-31-34-38-42-46-50-54-60(65)59(58-64)63-61(66)55-51-47-43-39-35-32-29-26-23-21-24-27-30-33-37-41-45-49-53-57-68-62(67)56-52-48-44-40-36-16-14-12-10-8-6-4-2/h12,14,27,30,33,37,50,54,59-60,64-65H,3-11,13,15-26,28-29,31-32,34-36,38-49,51-53,55-58H2,1-2H3,(H,63,66)/b14-12-,30-27-,37-33-,54-50+. The number of carbonyl (C=O) groups is 2. The molecule has 0 rings (SSSR count). The van der Waals surface area contributed by atoms with E-state index in [2.05, 4.69) is 55.6 Å². The fourth-order valence-corrected chi connectivity index (χ4v) is 8.97. The predicted octanol–water partition coefficient (Wildman–Crippen LogP) is 18.6. The van der Waals surface area contributed by atoms with Gasteiger partial charge in [-0.05, 0) is 89.9 Å². The second-order valence-electron chi connectivity index (χ2n) is 20.3. The molecule has 6 nitrogen and oxygen atoms in total. The van der Waals surface area contributed by atoms with E-state index in [1.54, 1.807) is 6.08 Å². The number of esters is 1. The highest BCUT2D eigenvalue weighted by atomic mass is 16.5. The van der Waals surface area contributed by atoms with Gasteiger partial charge < -0.3 is 20.3 Å². The molecule has 0 aromatic carbocycles. The molecule has 0 saturated heterocycles. The molecule has 68 heavy (non-hydrogen) atoms. The van der Waals surface area contributed by atoms with Crippen molar-refractivity contribution in [2.75, 3.05) is 13.2 Å². The van der Waals surface area contributed by atoms with Crippen molar-refractivity contribution >= 4 is 11.9 Å². The number of nitrogens with one attached hydrogen (secondary N) is 1. The minimum absolute atomic E-state index is 0.0245. The van der Waals surface area contributed by atoms with E-state index in [-0.39, 0.29) is 18.5 Å². The molecule has 0 fully saturated rings. The van der Waals surface area contributed by atoms with Gasteiger partial charge >= 0.3 is 5.97 Å². The molecule has 6 heteroatoms. The number of ether oxygens (including phenoxy) is 1. The van der Waals surface area contributed by atoms with Crippen LogP contribution in [0.4, 0.5) is 0 Å². The first-order valence-electron chi connectivity index (χ1n) is 29.9. The van der Waals surface area contributed by atoms with Crippen LogP contribution >= 0.6 is 0 Å². The van der Waals surface area contributed by atoms with Gasteiger partial charge in [0.1, 0.15) is 0 Å². The molecular formula is C62H115NO5. The number of amides is 1. The summed E-state index contributed by atoms with van der Waals surface area (Å²) in [5, 5.41) is 23.2. The summed E-state index contributed by atoms with van der Waals surface area (Å²) in [6.45, 7) is 4.84. The third-order valence-corrected chi connectivity index (χ3v) is 13.6. The number of allylic oxidation sites excluding steroid dienone is 7. The average Bonchev–Trinajstić information content (AvgIpc) is 3.34. The molecule has 0 spiro atoms. The van der Waals surface area contributed by atoms with Crippen molar-refractivity contribution in [2.45, 2.75) is 321 Å². The van der Waals surface area contributed by atoms with E-state index in [9.17, 15) is 19.8 Å². The Morgan fingerprint density at radius 1 is 0.412 bits per heavy atom. The van der Waals surface area contributed by atoms with Crippen LogP contribution in [0, 0.1) is 0 Å². The summed E-state index contributed by atoms with van der Waals surface area (Å²) in [4.78, 5) is 24.5. The highest BCUT2D eigenvalue weighted by Gasteiger charge is 2.18. The van der Waals surface area contributed by atoms with E-state index >= 15 is 0 Å². The Labute approximate surface area is 423 Å². The average molecular weight is 955 g/mol. The van der Waals surface area contributed by atoms with Crippen LogP contribution in [0.25, 0.3) is 0 Å². The molecule has 0 aromatic rings. The molecule has 0 aliphatic carbocycles. The van der Waals surface area contributed by atoms with Crippen LogP contribution in [0.1, 0.15) is 309 Å². The Kier molecular flexibility index (Phi) is 55.6. The Hall–Kier alpha value is -2.18. The lowest BCUT2D eigenvalue weighted by atomic mass is 10.0. The Morgan fingerprint density at radius 2 is 0.735 bits per heavy atom. The van der Waals surface area contributed by atoms with Crippen molar-refractivity contribution in [2.24, 2.45) is 0 Å². The number of aliphatic hydroxyl groups excluding tert-OH is 2. The Bertz CT molecular complexity index is 1150. The highest BCUT2D eigenvalue weighted by molar-refractivity contribution is 5.76. The Morgan fingerprint density at radius 3 is 1.16 bits per heavy atom. The highest BCUT2D eigenvalue weighted by Crippen LogP contribution is 2.16. The van der Waals surface area contributed by atoms with Gasteiger partial charge in [0.05, 0.1) is 25.4 Å². The van der Waals surface area contributed by atoms with Crippen molar-refractivity contribution < 1.29 is 24.5 Å². The van der Waals surface area contributed by atoms with E-state index in [0.29, 0.717) is 19.4 Å². The number of carbonyl (C=O) groups excluding carboxylic acids is 2. The van der Waals surface area contributed by atoms with Gasteiger partial charge in [0.2, 0.25) is 5.91 Å². The Balaban J connectivity index is 3.52. The molecule has 0 radical (unpaired) electrons. The lowest BCUT2D eigenvalue weighted by Crippen LogP contribution is -2.45. The molecule has 2 atom stereocenters. The van der Waals surface area contributed by atoms with Crippen LogP contribution in [-0.2, 0) is 14.3 Å². The molecule has 0 aliphatic heterocycles. The number of aliphatic hydroxyl groups is 2. The third-order valence-electron chi connectivity index (χ3n) is 13.6. The van der Waals surface area contributed by atoms with Gasteiger partial charge in [0, 0.05) is 12.8 Å². The second-order valence-corrected chi connectivity index (χ2v) is 20.3. The molecule has 0 aromatic heterocycles. The summed E-state index contributed by atoms with van der Waals surface area (Å²) in [5.41, 5.74) is 0. The van der Waals surface area contributed by atoms with Crippen LogP contribution < -0.4 is 5.32 Å². The summed E-state index contributed by atoms with van der Waals surface area (Å²) in [5.74, 6) is -0.101. The smallest absolute Gasteiger partial charge is 0.305 e. The van der Waals surface area contributed by atoms with Crippen molar-refractivity contribution in [1.82, 2.24) is 5.32 Å². The zero-order valence-electron chi connectivity index (χ0n) is 45.3. The van der Waals surface area contributed by atoms with Gasteiger partial charge in [0.15, 0.2) is 0 Å². The van der Waals surface area contributed by atoms with Crippen LogP contribution in [0.3, 0.4) is 0 Å². The molecule has 0 saturated carbocycles. The van der Waals surface area contributed by atoms with E-state index < -0.39 is 12.1 Å². The largest absolute Gasteiger partial charge is 0.466 e. The molecular weight excluding hydrogens is 839 g/mol. The normalized spacial score (nSPS) is 12.9. The third kappa shape index (κ3) is 53.2. The maximum absolute atomic E-state index is 12.5. The first-order chi connectivity index (χ1) is 33.5. The summed E-state index contributed by atoms with van der Waals surface area (Å²) in [6, 6.07) is -0.637. The number of rotatable bonds is 55. The van der Waals surface area contributed by atoms with Gasteiger partial charge in [-0.3, -0.25) is 9.59 Å². The molecule has 1 amide bonds. The first kappa shape index (κ1) is 65.8. The summed E-state index contributed by atoms with van der Waals surface area (Å²) < 4.78 is 5.43. The van der Waals surface area contributed by atoms with Crippen molar-refractivity contribution in [3.8, 4) is 0 Å². The van der Waals surface area contributed by atoms with Crippen LogP contribution in [0.5, 0.6) is 0 Å². The molecule has 0 heterocycles. The van der Waals surface area contributed by atoms with Gasteiger partial charge in [-0.1, -0.05) is 255 Å². The minimum atomic E-state index is -0.853. The summed E-state index contributed by atoms with van der Waals surface area (Å²) in [7, 11) is 0. The summed E-state index contributed by atoms with van der Waals surface area (Å²) >= 11 is 0. The van der Waals surface area contributed by atoms with Crippen LogP contribution in [0.2, 0.25) is 0 Å². The van der Waals surface area contributed by atoms with E-state index in [1.807, 2.05) is 6.08 Å². The lowest BCUT2D eigenvalue weighted by Gasteiger charge is -2.20. The van der Waals surface area contributed by atoms with Crippen molar-refractivity contribution in [3.63, 3.8) is 0 Å². The van der Waals surface area contributed by atoms with E-state index in [1.165, 1.54) is 205 Å². The number of unbranched alkanes of at least 4 members (excludes halogenated alkanes) is 39. The van der Waals surface area contributed by atoms with E-state index in [0.717, 1.165) is 77.0 Å². The van der Waals surface area contributed by atoms with Crippen LogP contribution in [0.15, 0.2) is 48.6 Å². The molecule has 0 bridgehead atoms. The van der Waals surface area contributed by atoms with Crippen LogP contribution in [-0.4, -0.2) is 47.4 Å². The van der Waals surface area contributed by atoms with Gasteiger partial charge in [-0.15, -0.1) is 0 Å². The summed E-state index contributed by atoms with van der Waals surface area (Å²) in [6.07, 6.45) is 72.8. The van der Waals surface area contributed by atoms with Gasteiger partial charge in [-0.25, -0.2) is 0 Å². The lowest BCUT2D eigenvalue weighted by molar-refractivity contribution is -0.143. The topological polar surface area (TPSA) is 95.9 Å². The second kappa shape index (κ2) is 57.4. The number of hydrogen-bond donors (Lipinski definition) is 3. The molecule has 0 aliphatic rings. The monoisotopic (exact) mass is 954 g/mol. The quantitative estimate of drug-likeness (QED) is 0.0244. The van der Waals surface area contributed by atoms with Gasteiger partial charge in [-0.2, -0.15) is 0 Å². The van der Waals surface area contributed by atoms with Crippen molar-refractivity contribution in [3.05, 3.63) is 48.6 Å².